The molecular weight excluding hydrogens is 254 g/mol. The van der Waals surface area contributed by atoms with Gasteiger partial charge in [-0.1, -0.05) is 26.0 Å². The van der Waals surface area contributed by atoms with Crippen LogP contribution in [-0.4, -0.2) is 34.5 Å². The van der Waals surface area contributed by atoms with E-state index in [0.717, 1.165) is 11.1 Å². The molecule has 0 spiro atoms. The molecule has 4 nitrogen and oxygen atoms in total. The minimum atomic E-state index is -0.669. The lowest BCUT2D eigenvalue weighted by atomic mass is 9.99. The molecule has 20 heavy (non-hydrogen) atoms. The van der Waals surface area contributed by atoms with E-state index >= 15 is 0 Å². The minimum absolute atomic E-state index is 0.0728. The average Bonchev–Trinajstić information content (AvgIpc) is 2.59. The van der Waals surface area contributed by atoms with Gasteiger partial charge in [0.1, 0.15) is 0 Å². The largest absolute Gasteiger partial charge is 0.391 e. The maximum absolute atomic E-state index is 12.4. The van der Waals surface area contributed by atoms with Gasteiger partial charge in [-0.15, -0.1) is 0 Å². The molecule has 1 aromatic carbocycles. The summed E-state index contributed by atoms with van der Waals surface area (Å²) in [5, 5.41) is 9.99. The van der Waals surface area contributed by atoms with Crippen LogP contribution in [0.15, 0.2) is 12.1 Å². The van der Waals surface area contributed by atoms with Crippen LogP contribution in [0.5, 0.6) is 0 Å². The molecule has 2 rings (SSSR count). The number of aliphatic hydroxyl groups excluding tert-OH is 1. The van der Waals surface area contributed by atoms with Crippen LogP contribution in [0.3, 0.4) is 0 Å². The van der Waals surface area contributed by atoms with Crippen LogP contribution >= 0.6 is 0 Å². The number of nitrogens with zero attached hydrogens (tertiary/aromatic N) is 1. The fourth-order valence-corrected chi connectivity index (χ4v) is 2.72. The molecule has 1 aromatic rings. The molecule has 0 bridgehead atoms. The highest BCUT2D eigenvalue weighted by atomic mass is 16.3. The van der Waals surface area contributed by atoms with E-state index in [9.17, 15) is 14.7 Å². The van der Waals surface area contributed by atoms with Crippen LogP contribution in [0.25, 0.3) is 0 Å². The summed E-state index contributed by atoms with van der Waals surface area (Å²) < 4.78 is 0. The van der Waals surface area contributed by atoms with Crippen LogP contribution < -0.4 is 0 Å². The summed E-state index contributed by atoms with van der Waals surface area (Å²) in [6.45, 7) is 7.73. The molecule has 0 radical (unpaired) electrons. The summed E-state index contributed by atoms with van der Waals surface area (Å²) in [4.78, 5) is 26.0. The molecule has 0 aliphatic carbocycles. The molecule has 2 amide bonds. The quantitative estimate of drug-likeness (QED) is 0.858. The Hall–Kier alpha value is -1.68. The monoisotopic (exact) mass is 275 g/mol. The lowest BCUT2D eigenvalue weighted by Crippen LogP contribution is -2.37. The number of aliphatic hydroxyl groups is 1. The number of aryl methyl sites for hydroxylation is 2. The molecule has 1 atom stereocenters. The van der Waals surface area contributed by atoms with Gasteiger partial charge in [-0.25, -0.2) is 0 Å². The van der Waals surface area contributed by atoms with E-state index in [2.05, 4.69) is 0 Å². The Kier molecular flexibility index (Phi) is 3.95. The van der Waals surface area contributed by atoms with Crippen molar-refractivity contribution in [1.29, 1.82) is 0 Å². The number of imide groups is 1. The van der Waals surface area contributed by atoms with Gasteiger partial charge in [0, 0.05) is 0 Å². The standard InChI is InChI=1S/C16H21NO3/c1-9(2)7-12(18)8-17-15(19)13-10(3)5-6-11(4)14(13)16(17)20/h5-6,9,12,18H,7-8H2,1-4H3. The second-order valence-corrected chi connectivity index (χ2v) is 5.95. The normalized spacial score (nSPS) is 16.0. The van der Waals surface area contributed by atoms with E-state index < -0.39 is 6.10 Å². The van der Waals surface area contributed by atoms with Crippen molar-refractivity contribution in [2.45, 2.75) is 40.2 Å². The molecule has 1 heterocycles. The first-order valence-electron chi connectivity index (χ1n) is 6.97. The maximum atomic E-state index is 12.4. The Labute approximate surface area is 119 Å². The van der Waals surface area contributed by atoms with Gasteiger partial charge < -0.3 is 5.11 Å². The lowest BCUT2D eigenvalue weighted by Gasteiger charge is -2.19. The summed E-state index contributed by atoms with van der Waals surface area (Å²) in [6.07, 6.45) is -0.0939. The number of carbonyl (C=O) groups excluding carboxylic acids is 2. The van der Waals surface area contributed by atoms with Crippen molar-refractivity contribution >= 4 is 11.8 Å². The van der Waals surface area contributed by atoms with Crippen molar-refractivity contribution in [3.05, 3.63) is 34.4 Å². The van der Waals surface area contributed by atoms with Crippen LogP contribution in [0.1, 0.15) is 52.1 Å². The first-order valence-corrected chi connectivity index (χ1v) is 6.97. The average molecular weight is 275 g/mol. The number of benzene rings is 1. The Morgan fingerprint density at radius 2 is 1.50 bits per heavy atom. The van der Waals surface area contributed by atoms with Crippen LogP contribution in [0, 0.1) is 19.8 Å². The molecule has 4 heteroatoms. The third-order valence-electron chi connectivity index (χ3n) is 3.68. The number of fused-ring (bicyclic) bond motifs is 1. The molecule has 1 N–H and O–H groups in total. The number of β-amino-alcohol motifs (C(OH)–C–C–N with tert-alkyl or cyclic N) is 1. The van der Waals surface area contributed by atoms with Gasteiger partial charge >= 0.3 is 0 Å². The zero-order valence-electron chi connectivity index (χ0n) is 12.4. The highest BCUT2D eigenvalue weighted by Crippen LogP contribution is 2.29. The topological polar surface area (TPSA) is 57.6 Å². The summed E-state index contributed by atoms with van der Waals surface area (Å²) in [6, 6.07) is 3.71. The highest BCUT2D eigenvalue weighted by Gasteiger charge is 2.38. The molecule has 0 fully saturated rings. The van der Waals surface area contributed by atoms with E-state index in [4.69, 9.17) is 0 Å². The molecule has 1 unspecified atom stereocenters. The van der Waals surface area contributed by atoms with Gasteiger partial charge in [0.2, 0.25) is 0 Å². The van der Waals surface area contributed by atoms with Crippen LogP contribution in [0.4, 0.5) is 0 Å². The Morgan fingerprint density at radius 1 is 1.05 bits per heavy atom. The van der Waals surface area contributed by atoms with Crippen molar-refractivity contribution in [3.63, 3.8) is 0 Å². The maximum Gasteiger partial charge on any atom is 0.261 e. The number of hydrogen-bond donors (Lipinski definition) is 1. The molecule has 1 aliphatic rings. The fraction of sp³-hybridized carbons (Fsp3) is 0.500. The third kappa shape index (κ3) is 2.48. The first-order chi connectivity index (χ1) is 9.32. The first kappa shape index (κ1) is 14.7. The Balaban J connectivity index is 2.29. The van der Waals surface area contributed by atoms with E-state index in [0.29, 0.717) is 23.5 Å². The summed E-state index contributed by atoms with van der Waals surface area (Å²) in [7, 11) is 0. The number of carbonyl (C=O) groups is 2. The van der Waals surface area contributed by atoms with E-state index in [-0.39, 0.29) is 18.4 Å². The van der Waals surface area contributed by atoms with Gasteiger partial charge in [0.25, 0.3) is 11.8 Å². The van der Waals surface area contributed by atoms with Crippen LogP contribution in [0.2, 0.25) is 0 Å². The zero-order valence-corrected chi connectivity index (χ0v) is 12.4. The molecule has 108 valence electrons. The smallest absolute Gasteiger partial charge is 0.261 e. The fourth-order valence-electron chi connectivity index (χ4n) is 2.72. The number of amides is 2. The second kappa shape index (κ2) is 5.37. The molecule has 0 saturated carbocycles. The summed E-state index contributed by atoms with van der Waals surface area (Å²) >= 11 is 0. The van der Waals surface area contributed by atoms with Crippen molar-refractivity contribution in [3.8, 4) is 0 Å². The molecule has 0 saturated heterocycles. The van der Waals surface area contributed by atoms with Crippen molar-refractivity contribution < 1.29 is 14.7 Å². The summed E-state index contributed by atoms with van der Waals surface area (Å²) in [5.41, 5.74) is 2.60. The van der Waals surface area contributed by atoms with Crippen molar-refractivity contribution in [2.24, 2.45) is 5.92 Å². The highest BCUT2D eigenvalue weighted by molar-refractivity contribution is 6.22. The Bertz CT molecular complexity index is 522. The lowest BCUT2D eigenvalue weighted by molar-refractivity contribution is 0.0515. The minimum Gasteiger partial charge on any atom is -0.391 e. The van der Waals surface area contributed by atoms with E-state index in [1.807, 2.05) is 39.8 Å². The van der Waals surface area contributed by atoms with Gasteiger partial charge in [-0.3, -0.25) is 14.5 Å². The van der Waals surface area contributed by atoms with E-state index in [1.54, 1.807) is 0 Å². The molecule has 1 aliphatic heterocycles. The molecular formula is C16H21NO3. The SMILES string of the molecule is Cc1ccc(C)c2c1C(=O)N(CC(O)CC(C)C)C2=O. The van der Waals surface area contributed by atoms with Gasteiger partial charge in [0.05, 0.1) is 23.8 Å². The predicted molar refractivity (Wildman–Crippen MR) is 76.7 cm³/mol. The Morgan fingerprint density at radius 3 is 1.90 bits per heavy atom. The van der Waals surface area contributed by atoms with E-state index in [1.165, 1.54) is 4.90 Å². The van der Waals surface area contributed by atoms with Crippen LogP contribution in [-0.2, 0) is 0 Å². The summed E-state index contributed by atoms with van der Waals surface area (Å²) in [5.74, 6) is -0.244. The molecule has 0 aromatic heterocycles. The van der Waals surface area contributed by atoms with Crippen molar-refractivity contribution in [1.82, 2.24) is 4.90 Å². The number of rotatable bonds is 4. The zero-order chi connectivity index (χ0) is 15.0. The predicted octanol–water partition coefficient (Wildman–Crippen LogP) is 2.31. The van der Waals surface area contributed by atoms with Gasteiger partial charge in [-0.05, 0) is 37.3 Å². The van der Waals surface area contributed by atoms with Gasteiger partial charge in [0.15, 0.2) is 0 Å². The third-order valence-corrected chi connectivity index (χ3v) is 3.68. The van der Waals surface area contributed by atoms with Gasteiger partial charge in [-0.2, -0.15) is 0 Å². The number of hydrogen-bond acceptors (Lipinski definition) is 3. The van der Waals surface area contributed by atoms with Crippen molar-refractivity contribution in [2.75, 3.05) is 6.54 Å². The second-order valence-electron chi connectivity index (χ2n) is 5.95.